The van der Waals surface area contributed by atoms with Gasteiger partial charge in [0.25, 0.3) is 0 Å². The first-order valence-corrected chi connectivity index (χ1v) is 6.24. The van der Waals surface area contributed by atoms with Gasteiger partial charge in [-0.05, 0) is 19.8 Å². The minimum atomic E-state index is -0.434. The van der Waals surface area contributed by atoms with Crippen molar-refractivity contribution in [2.24, 2.45) is 0 Å². The Balaban J connectivity index is 2.30. The Labute approximate surface area is 102 Å². The number of methoxy groups -OCH3 is 1. The maximum absolute atomic E-state index is 11.9. The molecule has 98 valence electrons. The van der Waals surface area contributed by atoms with Gasteiger partial charge in [-0.1, -0.05) is 12.8 Å². The zero-order valence-corrected chi connectivity index (χ0v) is 10.7. The molecule has 0 spiro atoms. The SMILES string of the molecule is COC(=O)C(C)NCC(=O)N1CCCCCC1. The number of nitrogens with zero attached hydrogens (tertiary/aromatic N) is 1. The Bertz CT molecular complexity index is 260. The molecule has 1 heterocycles. The molecule has 17 heavy (non-hydrogen) atoms. The number of carbonyl (C=O) groups is 2. The van der Waals surface area contributed by atoms with Gasteiger partial charge in [-0.2, -0.15) is 0 Å². The Morgan fingerprint density at radius 1 is 1.24 bits per heavy atom. The van der Waals surface area contributed by atoms with E-state index in [0.717, 1.165) is 25.9 Å². The number of ether oxygens (including phenoxy) is 1. The van der Waals surface area contributed by atoms with E-state index in [9.17, 15) is 9.59 Å². The van der Waals surface area contributed by atoms with Crippen molar-refractivity contribution < 1.29 is 14.3 Å². The molecule has 5 heteroatoms. The average molecular weight is 242 g/mol. The second kappa shape index (κ2) is 7.27. The molecule has 0 aromatic heterocycles. The molecule has 1 amide bonds. The summed E-state index contributed by atoms with van der Waals surface area (Å²) in [6, 6.07) is -0.434. The van der Waals surface area contributed by atoms with Gasteiger partial charge in [-0.3, -0.25) is 14.9 Å². The van der Waals surface area contributed by atoms with E-state index in [1.807, 2.05) is 4.90 Å². The van der Waals surface area contributed by atoms with Crippen LogP contribution in [-0.4, -0.2) is 49.6 Å². The Morgan fingerprint density at radius 2 is 1.82 bits per heavy atom. The van der Waals surface area contributed by atoms with Crippen LogP contribution in [0.2, 0.25) is 0 Å². The fourth-order valence-electron chi connectivity index (χ4n) is 1.93. The largest absolute Gasteiger partial charge is 0.468 e. The Kier molecular flexibility index (Phi) is 5.97. The molecule has 0 saturated carbocycles. The van der Waals surface area contributed by atoms with Crippen LogP contribution < -0.4 is 5.32 Å². The normalized spacial score (nSPS) is 18.4. The highest BCUT2D eigenvalue weighted by molar-refractivity contribution is 5.80. The maximum atomic E-state index is 11.9. The number of rotatable bonds is 4. The lowest BCUT2D eigenvalue weighted by Crippen LogP contribution is -2.44. The lowest BCUT2D eigenvalue weighted by Gasteiger charge is -2.21. The van der Waals surface area contributed by atoms with E-state index in [-0.39, 0.29) is 18.4 Å². The van der Waals surface area contributed by atoms with E-state index in [1.54, 1.807) is 6.92 Å². The molecule has 1 atom stereocenters. The van der Waals surface area contributed by atoms with Crippen molar-refractivity contribution in [1.29, 1.82) is 0 Å². The molecule has 1 aliphatic rings. The Morgan fingerprint density at radius 3 is 2.35 bits per heavy atom. The predicted octanol–water partition coefficient (Wildman–Crippen LogP) is 0.540. The third-order valence-electron chi connectivity index (χ3n) is 3.07. The topological polar surface area (TPSA) is 58.6 Å². The maximum Gasteiger partial charge on any atom is 0.322 e. The van der Waals surface area contributed by atoms with Gasteiger partial charge in [0.15, 0.2) is 0 Å². The second-order valence-corrected chi connectivity index (χ2v) is 4.42. The monoisotopic (exact) mass is 242 g/mol. The lowest BCUT2D eigenvalue weighted by atomic mass is 10.2. The van der Waals surface area contributed by atoms with Crippen LogP contribution in [0.3, 0.4) is 0 Å². The molecule has 1 rings (SSSR count). The van der Waals surface area contributed by atoms with Crippen molar-refractivity contribution in [3.8, 4) is 0 Å². The van der Waals surface area contributed by atoms with Crippen LogP contribution in [0.15, 0.2) is 0 Å². The molecule has 0 bridgehead atoms. The van der Waals surface area contributed by atoms with Gasteiger partial charge in [0.2, 0.25) is 5.91 Å². The summed E-state index contributed by atoms with van der Waals surface area (Å²) >= 11 is 0. The fourth-order valence-corrected chi connectivity index (χ4v) is 1.93. The van der Waals surface area contributed by atoms with Crippen LogP contribution in [0.25, 0.3) is 0 Å². The quantitative estimate of drug-likeness (QED) is 0.731. The molecule has 1 unspecified atom stereocenters. The van der Waals surface area contributed by atoms with Crippen molar-refractivity contribution in [3.63, 3.8) is 0 Å². The average Bonchev–Trinajstić information content (AvgIpc) is 2.63. The molecule has 1 saturated heterocycles. The molecule has 0 aromatic rings. The van der Waals surface area contributed by atoms with Gasteiger partial charge in [-0.15, -0.1) is 0 Å². The standard InChI is InChI=1S/C12H22N2O3/c1-10(12(16)17-2)13-9-11(15)14-7-5-3-4-6-8-14/h10,13H,3-9H2,1-2H3. The summed E-state index contributed by atoms with van der Waals surface area (Å²) in [6.07, 6.45) is 4.57. The number of nitrogens with one attached hydrogen (secondary N) is 1. The molecule has 0 radical (unpaired) electrons. The van der Waals surface area contributed by atoms with E-state index in [0.29, 0.717) is 0 Å². The smallest absolute Gasteiger partial charge is 0.322 e. The number of likely N-dealkylation sites (tertiary alicyclic amines) is 1. The summed E-state index contributed by atoms with van der Waals surface area (Å²) < 4.78 is 4.58. The fraction of sp³-hybridized carbons (Fsp3) is 0.833. The van der Waals surface area contributed by atoms with E-state index in [4.69, 9.17) is 0 Å². The summed E-state index contributed by atoms with van der Waals surface area (Å²) in [7, 11) is 1.34. The molecular weight excluding hydrogens is 220 g/mol. The molecule has 1 N–H and O–H groups in total. The van der Waals surface area contributed by atoms with Crippen molar-refractivity contribution in [2.75, 3.05) is 26.7 Å². The third kappa shape index (κ3) is 4.73. The van der Waals surface area contributed by atoms with E-state index in [2.05, 4.69) is 10.1 Å². The van der Waals surface area contributed by atoms with Gasteiger partial charge in [0.05, 0.1) is 13.7 Å². The van der Waals surface area contributed by atoms with Crippen LogP contribution in [0.4, 0.5) is 0 Å². The molecule has 1 aliphatic heterocycles. The summed E-state index contributed by atoms with van der Waals surface area (Å²) in [4.78, 5) is 24.9. The van der Waals surface area contributed by atoms with Crippen LogP contribution in [0.1, 0.15) is 32.6 Å². The first-order chi connectivity index (χ1) is 8.15. The summed E-state index contributed by atoms with van der Waals surface area (Å²) in [5, 5.41) is 2.89. The van der Waals surface area contributed by atoms with Crippen LogP contribution in [0.5, 0.6) is 0 Å². The zero-order valence-electron chi connectivity index (χ0n) is 10.7. The molecule has 0 aliphatic carbocycles. The summed E-state index contributed by atoms with van der Waals surface area (Å²) in [5.74, 6) is -0.267. The van der Waals surface area contributed by atoms with Crippen molar-refractivity contribution in [1.82, 2.24) is 10.2 Å². The zero-order chi connectivity index (χ0) is 12.7. The van der Waals surface area contributed by atoms with Crippen LogP contribution in [-0.2, 0) is 14.3 Å². The van der Waals surface area contributed by atoms with Crippen molar-refractivity contribution in [3.05, 3.63) is 0 Å². The molecular formula is C12H22N2O3. The first kappa shape index (κ1) is 14.0. The van der Waals surface area contributed by atoms with Gasteiger partial charge < -0.3 is 9.64 Å². The second-order valence-electron chi connectivity index (χ2n) is 4.42. The highest BCUT2D eigenvalue weighted by Gasteiger charge is 2.18. The lowest BCUT2D eigenvalue weighted by molar-refractivity contribution is -0.142. The third-order valence-corrected chi connectivity index (χ3v) is 3.07. The predicted molar refractivity (Wildman–Crippen MR) is 64.5 cm³/mol. The van der Waals surface area contributed by atoms with E-state index >= 15 is 0 Å². The van der Waals surface area contributed by atoms with Crippen molar-refractivity contribution in [2.45, 2.75) is 38.6 Å². The minimum Gasteiger partial charge on any atom is -0.468 e. The summed E-state index contributed by atoms with van der Waals surface area (Å²) in [6.45, 7) is 3.58. The number of hydrogen-bond acceptors (Lipinski definition) is 4. The van der Waals surface area contributed by atoms with Gasteiger partial charge in [0, 0.05) is 13.1 Å². The number of carbonyl (C=O) groups excluding carboxylic acids is 2. The summed E-state index contributed by atoms with van der Waals surface area (Å²) in [5.41, 5.74) is 0. The van der Waals surface area contributed by atoms with Crippen LogP contribution in [0, 0.1) is 0 Å². The van der Waals surface area contributed by atoms with E-state index < -0.39 is 6.04 Å². The molecule has 5 nitrogen and oxygen atoms in total. The van der Waals surface area contributed by atoms with Crippen molar-refractivity contribution >= 4 is 11.9 Å². The molecule has 1 fully saturated rings. The van der Waals surface area contributed by atoms with Crippen LogP contribution >= 0.6 is 0 Å². The first-order valence-electron chi connectivity index (χ1n) is 6.24. The van der Waals surface area contributed by atoms with Gasteiger partial charge >= 0.3 is 5.97 Å². The van der Waals surface area contributed by atoms with Gasteiger partial charge in [0.1, 0.15) is 6.04 Å². The number of amides is 1. The minimum absolute atomic E-state index is 0.0719. The number of hydrogen-bond donors (Lipinski definition) is 1. The van der Waals surface area contributed by atoms with E-state index in [1.165, 1.54) is 20.0 Å². The highest BCUT2D eigenvalue weighted by atomic mass is 16.5. The number of esters is 1. The highest BCUT2D eigenvalue weighted by Crippen LogP contribution is 2.09. The Hall–Kier alpha value is -1.10. The van der Waals surface area contributed by atoms with Gasteiger partial charge in [-0.25, -0.2) is 0 Å². The molecule has 0 aromatic carbocycles.